The molecule has 1 saturated heterocycles. The Kier molecular flexibility index (Phi) is 4.03. The van der Waals surface area contributed by atoms with E-state index in [0.717, 1.165) is 38.2 Å². The summed E-state index contributed by atoms with van der Waals surface area (Å²) < 4.78 is 1.95. The Morgan fingerprint density at radius 1 is 1.50 bits per heavy atom. The van der Waals surface area contributed by atoms with Crippen LogP contribution in [0.25, 0.3) is 0 Å². The quantitative estimate of drug-likeness (QED) is 0.906. The van der Waals surface area contributed by atoms with Gasteiger partial charge in [-0.25, -0.2) is 0 Å². The maximum absolute atomic E-state index is 12.8. The van der Waals surface area contributed by atoms with Crippen LogP contribution in [0.1, 0.15) is 43.1 Å². The van der Waals surface area contributed by atoms with Crippen LogP contribution >= 0.6 is 11.6 Å². The Labute approximate surface area is 125 Å². The van der Waals surface area contributed by atoms with Gasteiger partial charge in [-0.2, -0.15) is 0 Å². The van der Waals surface area contributed by atoms with Gasteiger partial charge in [-0.05, 0) is 45.2 Å². The number of carbonyl (C=O) groups is 1. The van der Waals surface area contributed by atoms with Crippen LogP contribution in [0, 0.1) is 0 Å². The van der Waals surface area contributed by atoms with E-state index in [2.05, 4.69) is 10.2 Å². The first-order valence-electron chi connectivity index (χ1n) is 7.59. The van der Waals surface area contributed by atoms with Gasteiger partial charge in [0.05, 0.1) is 5.02 Å². The summed E-state index contributed by atoms with van der Waals surface area (Å²) in [6, 6.07) is 2.69. The average molecular weight is 296 g/mol. The van der Waals surface area contributed by atoms with Crippen molar-refractivity contribution in [1.29, 1.82) is 0 Å². The van der Waals surface area contributed by atoms with Crippen molar-refractivity contribution in [3.8, 4) is 0 Å². The highest BCUT2D eigenvalue weighted by Crippen LogP contribution is 2.30. The molecule has 1 N–H and O–H groups in total. The molecular formula is C15H22ClN3O. The number of carbonyl (C=O) groups excluding carboxylic acids is 1. The van der Waals surface area contributed by atoms with E-state index in [1.165, 1.54) is 12.8 Å². The summed E-state index contributed by atoms with van der Waals surface area (Å²) in [5.41, 5.74) is 0.724. The molecule has 2 heterocycles. The lowest BCUT2D eigenvalue weighted by atomic mass is 10.2. The van der Waals surface area contributed by atoms with Crippen molar-refractivity contribution in [2.45, 2.75) is 51.2 Å². The van der Waals surface area contributed by atoms with Crippen molar-refractivity contribution in [2.24, 2.45) is 0 Å². The molecule has 3 rings (SSSR count). The van der Waals surface area contributed by atoms with Gasteiger partial charge in [0.25, 0.3) is 5.91 Å². The summed E-state index contributed by atoms with van der Waals surface area (Å²) in [7, 11) is 0. The molecule has 2 aliphatic rings. The topological polar surface area (TPSA) is 37.3 Å². The second kappa shape index (κ2) is 5.78. The normalized spacial score (nSPS) is 22.2. The van der Waals surface area contributed by atoms with E-state index < -0.39 is 0 Å². The minimum absolute atomic E-state index is 0.134. The Morgan fingerprint density at radius 2 is 2.30 bits per heavy atom. The highest BCUT2D eigenvalue weighted by molar-refractivity contribution is 6.31. The Hall–Kier alpha value is -1.00. The van der Waals surface area contributed by atoms with E-state index in [9.17, 15) is 4.79 Å². The van der Waals surface area contributed by atoms with Crippen LogP contribution < -0.4 is 5.32 Å². The summed E-state index contributed by atoms with van der Waals surface area (Å²) in [5, 5.41) is 4.13. The molecule has 1 amide bonds. The van der Waals surface area contributed by atoms with Crippen LogP contribution in [-0.4, -0.2) is 40.5 Å². The number of halogens is 1. The molecule has 1 aliphatic carbocycles. The monoisotopic (exact) mass is 295 g/mol. The lowest BCUT2D eigenvalue weighted by Gasteiger charge is -2.26. The smallest absolute Gasteiger partial charge is 0.270 e. The Morgan fingerprint density at radius 3 is 2.90 bits per heavy atom. The maximum atomic E-state index is 12.8. The third-order valence-corrected chi connectivity index (χ3v) is 4.46. The molecule has 1 aliphatic heterocycles. The molecule has 20 heavy (non-hydrogen) atoms. The summed E-state index contributed by atoms with van der Waals surface area (Å²) in [4.78, 5) is 14.9. The first kappa shape index (κ1) is 14.0. The molecule has 4 nitrogen and oxygen atoms in total. The molecule has 5 heteroatoms. The molecule has 0 radical (unpaired) electrons. The summed E-state index contributed by atoms with van der Waals surface area (Å²) in [6.45, 7) is 4.71. The Balaban J connectivity index is 1.77. The third-order valence-electron chi connectivity index (χ3n) is 4.25. The predicted octanol–water partition coefficient (Wildman–Crippen LogP) is 2.52. The third kappa shape index (κ3) is 2.86. The Bertz CT molecular complexity index is 489. The van der Waals surface area contributed by atoms with Crippen LogP contribution in [0.4, 0.5) is 0 Å². The fraction of sp³-hybridized carbons (Fsp3) is 0.667. The van der Waals surface area contributed by atoms with Crippen molar-refractivity contribution in [1.82, 2.24) is 14.8 Å². The minimum atomic E-state index is 0.134. The lowest BCUT2D eigenvalue weighted by Crippen LogP contribution is -2.43. The molecule has 0 aromatic carbocycles. The first-order valence-corrected chi connectivity index (χ1v) is 7.97. The molecule has 0 spiro atoms. The molecule has 2 fully saturated rings. The maximum Gasteiger partial charge on any atom is 0.270 e. The van der Waals surface area contributed by atoms with Gasteiger partial charge < -0.3 is 14.8 Å². The zero-order valence-corrected chi connectivity index (χ0v) is 12.7. The van der Waals surface area contributed by atoms with Gasteiger partial charge in [-0.3, -0.25) is 4.79 Å². The van der Waals surface area contributed by atoms with Gasteiger partial charge in [-0.1, -0.05) is 11.6 Å². The van der Waals surface area contributed by atoms with Gasteiger partial charge in [0.1, 0.15) is 5.69 Å². The van der Waals surface area contributed by atoms with Crippen LogP contribution in [0.2, 0.25) is 5.02 Å². The number of hydrogen-bond acceptors (Lipinski definition) is 2. The number of aryl methyl sites for hydroxylation is 1. The van der Waals surface area contributed by atoms with Crippen LogP contribution in [0.15, 0.2) is 12.3 Å². The van der Waals surface area contributed by atoms with E-state index >= 15 is 0 Å². The minimum Gasteiger partial charge on any atom is -0.342 e. The second-order valence-corrected chi connectivity index (χ2v) is 6.25. The number of aromatic nitrogens is 1. The summed E-state index contributed by atoms with van der Waals surface area (Å²) >= 11 is 6.05. The number of nitrogens with zero attached hydrogens (tertiary/aromatic N) is 2. The van der Waals surface area contributed by atoms with Crippen molar-refractivity contribution >= 4 is 17.5 Å². The molecule has 1 atom stereocenters. The van der Waals surface area contributed by atoms with Gasteiger partial charge in [-0.15, -0.1) is 0 Å². The van der Waals surface area contributed by atoms with Crippen molar-refractivity contribution < 1.29 is 4.79 Å². The molecule has 0 bridgehead atoms. The second-order valence-electron chi connectivity index (χ2n) is 5.81. The van der Waals surface area contributed by atoms with E-state index in [-0.39, 0.29) is 5.91 Å². The standard InChI is InChI=1S/C15H22ClN3O/c1-2-18-9-11(16)8-14(18)15(20)19(13-5-6-13)10-12-4-3-7-17-12/h8-9,12-13,17H,2-7,10H2,1H3. The molecule has 110 valence electrons. The fourth-order valence-corrected chi connectivity index (χ4v) is 3.22. The molecular weight excluding hydrogens is 274 g/mol. The predicted molar refractivity (Wildman–Crippen MR) is 80.2 cm³/mol. The van der Waals surface area contributed by atoms with E-state index in [4.69, 9.17) is 11.6 Å². The summed E-state index contributed by atoms with van der Waals surface area (Å²) in [5.74, 6) is 0.134. The average Bonchev–Trinajstić information content (AvgIpc) is 3.01. The molecule has 1 saturated carbocycles. The highest BCUT2D eigenvalue weighted by atomic mass is 35.5. The van der Waals surface area contributed by atoms with Gasteiger partial charge in [0.15, 0.2) is 0 Å². The first-order chi connectivity index (χ1) is 9.69. The van der Waals surface area contributed by atoms with Crippen LogP contribution in [-0.2, 0) is 6.54 Å². The van der Waals surface area contributed by atoms with Crippen LogP contribution in [0.5, 0.6) is 0 Å². The van der Waals surface area contributed by atoms with E-state index in [1.54, 1.807) is 6.07 Å². The van der Waals surface area contributed by atoms with Gasteiger partial charge in [0, 0.05) is 31.4 Å². The van der Waals surface area contributed by atoms with Crippen molar-refractivity contribution in [2.75, 3.05) is 13.1 Å². The van der Waals surface area contributed by atoms with Crippen molar-refractivity contribution in [3.63, 3.8) is 0 Å². The number of amides is 1. The van der Waals surface area contributed by atoms with Crippen molar-refractivity contribution in [3.05, 3.63) is 23.0 Å². The fourth-order valence-electron chi connectivity index (χ4n) is 3.00. The zero-order valence-electron chi connectivity index (χ0n) is 11.9. The number of hydrogen-bond donors (Lipinski definition) is 1. The van der Waals surface area contributed by atoms with Crippen LogP contribution in [0.3, 0.4) is 0 Å². The van der Waals surface area contributed by atoms with Gasteiger partial charge >= 0.3 is 0 Å². The van der Waals surface area contributed by atoms with E-state index in [1.807, 2.05) is 17.7 Å². The number of rotatable bonds is 5. The molecule has 1 aromatic heterocycles. The summed E-state index contributed by atoms with van der Waals surface area (Å²) in [6.07, 6.45) is 6.51. The van der Waals surface area contributed by atoms with E-state index in [0.29, 0.717) is 17.1 Å². The zero-order chi connectivity index (χ0) is 14.1. The molecule has 1 aromatic rings. The highest BCUT2D eigenvalue weighted by Gasteiger charge is 2.35. The number of nitrogens with one attached hydrogen (secondary N) is 1. The molecule has 1 unspecified atom stereocenters. The van der Waals surface area contributed by atoms with Gasteiger partial charge in [0.2, 0.25) is 0 Å². The lowest BCUT2D eigenvalue weighted by molar-refractivity contribution is 0.0718. The SMILES string of the molecule is CCn1cc(Cl)cc1C(=O)N(CC1CCCN1)C1CC1. The largest absolute Gasteiger partial charge is 0.342 e.